The number of benzene rings is 1. The molecular formula is C18H26N2O2. The van der Waals surface area contributed by atoms with Crippen LogP contribution in [0.4, 0.5) is 5.69 Å². The van der Waals surface area contributed by atoms with Gasteiger partial charge in [-0.2, -0.15) is 0 Å². The molecule has 4 nitrogen and oxygen atoms in total. The van der Waals surface area contributed by atoms with E-state index in [-0.39, 0.29) is 17.7 Å². The zero-order valence-corrected chi connectivity index (χ0v) is 13.9. The maximum absolute atomic E-state index is 12.9. The first-order valence-corrected chi connectivity index (χ1v) is 8.09. The highest BCUT2D eigenvalue weighted by Gasteiger charge is 2.31. The number of fused-ring (bicyclic) bond motifs is 1. The third-order valence-corrected chi connectivity index (χ3v) is 4.00. The molecule has 4 heteroatoms. The van der Waals surface area contributed by atoms with Crippen molar-refractivity contribution in [2.45, 2.75) is 46.6 Å². The van der Waals surface area contributed by atoms with E-state index in [2.05, 4.69) is 25.2 Å². The van der Waals surface area contributed by atoms with Crippen molar-refractivity contribution >= 4 is 17.5 Å². The van der Waals surface area contributed by atoms with Crippen molar-refractivity contribution in [1.29, 1.82) is 0 Å². The van der Waals surface area contributed by atoms with E-state index in [1.165, 1.54) is 5.56 Å². The van der Waals surface area contributed by atoms with Crippen LogP contribution in [0.1, 0.15) is 39.7 Å². The summed E-state index contributed by atoms with van der Waals surface area (Å²) in [6.07, 6.45) is 1.55. The van der Waals surface area contributed by atoms with Crippen LogP contribution in [0.3, 0.4) is 0 Å². The third-order valence-electron chi connectivity index (χ3n) is 4.00. The number of hydrogen-bond donors (Lipinski definition) is 1. The van der Waals surface area contributed by atoms with Crippen LogP contribution in [0, 0.1) is 11.8 Å². The normalized spacial score (nSPS) is 15.1. The lowest BCUT2D eigenvalue weighted by atomic mass is 10.0. The molecule has 0 radical (unpaired) electrons. The monoisotopic (exact) mass is 302 g/mol. The Morgan fingerprint density at radius 1 is 1.18 bits per heavy atom. The second-order valence-corrected chi connectivity index (χ2v) is 6.71. The van der Waals surface area contributed by atoms with Gasteiger partial charge < -0.3 is 10.2 Å². The maximum Gasteiger partial charge on any atom is 0.249 e. The number of nitrogens with zero attached hydrogens (tertiary/aromatic N) is 1. The predicted molar refractivity (Wildman–Crippen MR) is 88.7 cm³/mol. The summed E-state index contributed by atoms with van der Waals surface area (Å²) < 4.78 is 0. The minimum atomic E-state index is -0.443. The average Bonchev–Trinajstić information content (AvgIpc) is 2.89. The molecule has 1 atom stereocenters. The molecule has 0 aromatic heterocycles. The molecule has 1 aromatic rings. The van der Waals surface area contributed by atoms with Gasteiger partial charge in [-0.25, -0.2) is 0 Å². The summed E-state index contributed by atoms with van der Waals surface area (Å²) in [5.41, 5.74) is 2.19. The van der Waals surface area contributed by atoms with Crippen molar-refractivity contribution in [2.75, 3.05) is 11.4 Å². The molecule has 0 bridgehead atoms. The molecular weight excluding hydrogens is 276 g/mol. The first kappa shape index (κ1) is 16.5. The molecule has 1 aromatic carbocycles. The summed E-state index contributed by atoms with van der Waals surface area (Å²) >= 11 is 0. The summed E-state index contributed by atoms with van der Waals surface area (Å²) in [7, 11) is 0. The largest absolute Gasteiger partial charge is 0.344 e. The van der Waals surface area contributed by atoms with Gasteiger partial charge in [0.05, 0.1) is 0 Å². The smallest absolute Gasteiger partial charge is 0.249 e. The van der Waals surface area contributed by atoms with Crippen LogP contribution >= 0.6 is 0 Å². The number of anilines is 1. The summed E-state index contributed by atoms with van der Waals surface area (Å²) in [5, 5.41) is 2.93. The van der Waals surface area contributed by atoms with Crippen LogP contribution < -0.4 is 10.2 Å². The van der Waals surface area contributed by atoms with E-state index in [0.717, 1.165) is 12.1 Å². The molecule has 22 heavy (non-hydrogen) atoms. The molecule has 0 fully saturated rings. The van der Waals surface area contributed by atoms with E-state index < -0.39 is 6.04 Å². The molecule has 1 N–H and O–H groups in total. The van der Waals surface area contributed by atoms with Crippen molar-refractivity contribution in [3.8, 4) is 0 Å². The van der Waals surface area contributed by atoms with Crippen LogP contribution in [0.15, 0.2) is 24.3 Å². The first-order valence-electron chi connectivity index (χ1n) is 8.09. The predicted octanol–water partition coefficient (Wildman–Crippen LogP) is 2.76. The van der Waals surface area contributed by atoms with E-state index >= 15 is 0 Å². The van der Waals surface area contributed by atoms with Crippen molar-refractivity contribution in [2.24, 2.45) is 11.8 Å². The fraction of sp³-hybridized carbons (Fsp3) is 0.556. The summed E-state index contributed by atoms with van der Waals surface area (Å²) in [6, 6.07) is 7.55. The van der Waals surface area contributed by atoms with Gasteiger partial charge >= 0.3 is 0 Å². The standard InChI is InChI=1S/C18H26N2O2/c1-12(2)11-15(19-17(21)13(3)4)18(22)20-10-9-14-7-5-6-8-16(14)20/h5-8,12-13,15H,9-11H2,1-4H3,(H,19,21)/t15-/m0/s1. The Balaban J connectivity index is 2.17. The molecule has 120 valence electrons. The van der Waals surface area contributed by atoms with Gasteiger partial charge in [0.15, 0.2) is 0 Å². The molecule has 2 rings (SSSR count). The quantitative estimate of drug-likeness (QED) is 0.909. The zero-order valence-electron chi connectivity index (χ0n) is 13.9. The lowest BCUT2D eigenvalue weighted by Gasteiger charge is -2.26. The molecule has 0 aliphatic carbocycles. The molecule has 0 saturated carbocycles. The Hall–Kier alpha value is -1.84. The first-order chi connectivity index (χ1) is 10.4. The number of amides is 2. The second-order valence-electron chi connectivity index (χ2n) is 6.71. The van der Waals surface area contributed by atoms with Gasteiger partial charge in [-0.3, -0.25) is 9.59 Å². The fourth-order valence-corrected chi connectivity index (χ4v) is 2.79. The van der Waals surface area contributed by atoms with Gasteiger partial charge in [-0.15, -0.1) is 0 Å². The molecule has 1 heterocycles. The number of rotatable bonds is 5. The lowest BCUT2D eigenvalue weighted by Crippen LogP contribution is -2.49. The molecule has 0 spiro atoms. The maximum atomic E-state index is 12.9. The van der Waals surface area contributed by atoms with Crippen molar-refractivity contribution in [3.05, 3.63) is 29.8 Å². The Bertz CT molecular complexity index is 552. The molecule has 1 aliphatic rings. The molecule has 0 saturated heterocycles. The second kappa shape index (κ2) is 6.95. The SMILES string of the molecule is CC(C)C[C@H](NC(=O)C(C)C)C(=O)N1CCc2ccccc21. The van der Waals surface area contributed by atoms with E-state index in [0.29, 0.717) is 18.9 Å². The van der Waals surface area contributed by atoms with Crippen LogP contribution in [-0.4, -0.2) is 24.4 Å². The Kier molecular flexibility index (Phi) is 5.22. The van der Waals surface area contributed by atoms with E-state index in [9.17, 15) is 9.59 Å². The zero-order chi connectivity index (χ0) is 16.3. The van der Waals surface area contributed by atoms with Crippen molar-refractivity contribution < 1.29 is 9.59 Å². The summed E-state index contributed by atoms with van der Waals surface area (Å²) in [4.78, 5) is 26.8. The van der Waals surface area contributed by atoms with Crippen LogP contribution in [0.2, 0.25) is 0 Å². The van der Waals surface area contributed by atoms with E-state index in [1.54, 1.807) is 0 Å². The van der Waals surface area contributed by atoms with E-state index in [1.807, 2.05) is 36.9 Å². The van der Waals surface area contributed by atoms with Crippen molar-refractivity contribution in [1.82, 2.24) is 5.32 Å². The number of carbonyl (C=O) groups excluding carboxylic acids is 2. The minimum Gasteiger partial charge on any atom is -0.344 e. The van der Waals surface area contributed by atoms with Crippen LogP contribution in [0.5, 0.6) is 0 Å². The van der Waals surface area contributed by atoms with Gasteiger partial charge in [-0.1, -0.05) is 45.9 Å². The van der Waals surface area contributed by atoms with Crippen LogP contribution in [-0.2, 0) is 16.0 Å². The highest BCUT2D eigenvalue weighted by atomic mass is 16.2. The third kappa shape index (κ3) is 3.67. The number of para-hydroxylation sites is 1. The average molecular weight is 302 g/mol. The van der Waals surface area contributed by atoms with Gasteiger partial charge in [0.1, 0.15) is 6.04 Å². The van der Waals surface area contributed by atoms with Gasteiger partial charge in [-0.05, 0) is 30.4 Å². The summed E-state index contributed by atoms with van der Waals surface area (Å²) in [5.74, 6) is 0.173. The Labute approximate surface area is 132 Å². The molecule has 0 unspecified atom stereocenters. The molecule has 2 amide bonds. The topological polar surface area (TPSA) is 49.4 Å². The highest BCUT2D eigenvalue weighted by Crippen LogP contribution is 2.28. The van der Waals surface area contributed by atoms with Crippen LogP contribution in [0.25, 0.3) is 0 Å². The number of hydrogen-bond acceptors (Lipinski definition) is 2. The van der Waals surface area contributed by atoms with Gasteiger partial charge in [0, 0.05) is 18.2 Å². The van der Waals surface area contributed by atoms with E-state index in [4.69, 9.17) is 0 Å². The highest BCUT2D eigenvalue weighted by molar-refractivity contribution is 6.00. The number of carbonyl (C=O) groups is 2. The fourth-order valence-electron chi connectivity index (χ4n) is 2.79. The minimum absolute atomic E-state index is 0.00708. The lowest BCUT2D eigenvalue weighted by molar-refractivity contribution is -0.129. The van der Waals surface area contributed by atoms with Crippen molar-refractivity contribution in [3.63, 3.8) is 0 Å². The Morgan fingerprint density at radius 3 is 2.50 bits per heavy atom. The Morgan fingerprint density at radius 2 is 1.86 bits per heavy atom. The van der Waals surface area contributed by atoms with Gasteiger partial charge in [0.25, 0.3) is 0 Å². The molecule has 1 aliphatic heterocycles. The number of nitrogens with one attached hydrogen (secondary N) is 1. The van der Waals surface area contributed by atoms with Gasteiger partial charge in [0.2, 0.25) is 11.8 Å². The summed E-state index contributed by atoms with van der Waals surface area (Å²) in [6.45, 7) is 8.53.